The second-order valence-electron chi connectivity index (χ2n) is 6.32. The van der Waals surface area contributed by atoms with Gasteiger partial charge in [0.05, 0.1) is 24.3 Å². The molecule has 11 nitrogen and oxygen atoms in total. The maximum Gasteiger partial charge on any atom is 0.344 e. The minimum absolute atomic E-state index is 0.00793. The molecule has 1 aromatic carbocycles. The minimum Gasteiger partial charge on any atom is -0.496 e. The Kier molecular flexibility index (Phi) is 6.91. The van der Waals surface area contributed by atoms with Crippen molar-refractivity contribution in [2.24, 2.45) is 0 Å². The highest BCUT2D eigenvalue weighted by atomic mass is 16.6. The Balaban J connectivity index is 1.71. The number of hydrogen-bond acceptors (Lipinski definition) is 9. The third-order valence-electron chi connectivity index (χ3n) is 4.15. The molecule has 0 spiro atoms. The van der Waals surface area contributed by atoms with Gasteiger partial charge >= 0.3 is 5.97 Å². The van der Waals surface area contributed by atoms with E-state index in [4.69, 9.17) is 14.2 Å². The predicted octanol–water partition coefficient (Wildman–Crippen LogP) is 3.37. The molecule has 0 aliphatic rings. The highest BCUT2D eigenvalue weighted by Crippen LogP contribution is 2.29. The molecule has 164 valence electrons. The lowest BCUT2D eigenvalue weighted by Gasteiger charge is -2.15. The standard InChI is InChI=1S/C21H18N4O7/c1-13(19(26)24-17-8-7-14(30-2)11-18(17)25(28)29)31-21(27)16-6-4-10-23-20(16)32-15-5-3-9-22-12-15/h3-13H,1-2H3,(H,24,26). The van der Waals surface area contributed by atoms with Gasteiger partial charge < -0.3 is 19.5 Å². The Morgan fingerprint density at radius 1 is 1.12 bits per heavy atom. The van der Waals surface area contributed by atoms with E-state index in [-0.39, 0.29) is 28.6 Å². The van der Waals surface area contributed by atoms with Gasteiger partial charge in [-0.1, -0.05) is 0 Å². The first-order valence-electron chi connectivity index (χ1n) is 9.26. The van der Waals surface area contributed by atoms with E-state index >= 15 is 0 Å². The normalized spacial score (nSPS) is 11.2. The van der Waals surface area contributed by atoms with Crippen LogP contribution < -0.4 is 14.8 Å². The molecule has 3 aromatic rings. The molecule has 11 heteroatoms. The lowest BCUT2D eigenvalue weighted by atomic mass is 10.2. The van der Waals surface area contributed by atoms with Gasteiger partial charge in [0.15, 0.2) is 6.10 Å². The van der Waals surface area contributed by atoms with E-state index in [2.05, 4.69) is 15.3 Å². The molecule has 0 bridgehead atoms. The van der Waals surface area contributed by atoms with Crippen LogP contribution in [-0.2, 0) is 9.53 Å². The molecule has 0 radical (unpaired) electrons. The van der Waals surface area contributed by atoms with E-state index in [0.29, 0.717) is 5.75 Å². The number of nitrogens with one attached hydrogen (secondary N) is 1. The first-order valence-corrected chi connectivity index (χ1v) is 9.26. The predicted molar refractivity (Wildman–Crippen MR) is 112 cm³/mol. The average molecular weight is 438 g/mol. The molecule has 2 heterocycles. The molecule has 1 atom stereocenters. The fourth-order valence-electron chi connectivity index (χ4n) is 2.55. The molecule has 0 fully saturated rings. The third-order valence-corrected chi connectivity index (χ3v) is 4.15. The van der Waals surface area contributed by atoms with Gasteiger partial charge in [0.1, 0.15) is 22.7 Å². The number of amides is 1. The van der Waals surface area contributed by atoms with Crippen LogP contribution >= 0.6 is 0 Å². The van der Waals surface area contributed by atoms with Crippen LogP contribution in [0, 0.1) is 10.1 Å². The molecule has 32 heavy (non-hydrogen) atoms. The van der Waals surface area contributed by atoms with Crippen molar-refractivity contribution in [2.75, 3.05) is 12.4 Å². The van der Waals surface area contributed by atoms with Gasteiger partial charge in [-0.15, -0.1) is 0 Å². The lowest BCUT2D eigenvalue weighted by Crippen LogP contribution is -2.30. The second kappa shape index (κ2) is 9.98. The van der Waals surface area contributed by atoms with Crippen LogP contribution in [0.4, 0.5) is 11.4 Å². The topological polar surface area (TPSA) is 143 Å². The molecule has 3 rings (SSSR count). The Morgan fingerprint density at radius 3 is 2.59 bits per heavy atom. The molecule has 1 unspecified atom stereocenters. The number of pyridine rings is 2. The summed E-state index contributed by atoms with van der Waals surface area (Å²) in [6, 6.07) is 10.2. The summed E-state index contributed by atoms with van der Waals surface area (Å²) in [7, 11) is 1.36. The van der Waals surface area contributed by atoms with Gasteiger partial charge in [0.2, 0.25) is 5.88 Å². The summed E-state index contributed by atoms with van der Waals surface area (Å²) >= 11 is 0. The van der Waals surface area contributed by atoms with Gasteiger partial charge in [-0.25, -0.2) is 9.78 Å². The van der Waals surface area contributed by atoms with Crippen LogP contribution in [-0.4, -0.2) is 40.0 Å². The van der Waals surface area contributed by atoms with Crippen molar-refractivity contribution in [1.82, 2.24) is 9.97 Å². The van der Waals surface area contributed by atoms with E-state index in [0.717, 1.165) is 0 Å². The molecule has 1 N–H and O–H groups in total. The number of benzene rings is 1. The Morgan fingerprint density at radius 2 is 1.91 bits per heavy atom. The van der Waals surface area contributed by atoms with Crippen LogP contribution in [0.2, 0.25) is 0 Å². The zero-order valence-electron chi connectivity index (χ0n) is 17.1. The van der Waals surface area contributed by atoms with Crippen molar-refractivity contribution in [3.05, 3.63) is 76.7 Å². The van der Waals surface area contributed by atoms with Crippen molar-refractivity contribution in [3.63, 3.8) is 0 Å². The number of ether oxygens (including phenoxy) is 3. The van der Waals surface area contributed by atoms with E-state index in [1.807, 2.05) is 0 Å². The summed E-state index contributed by atoms with van der Waals surface area (Å²) in [4.78, 5) is 43.7. The van der Waals surface area contributed by atoms with Gasteiger partial charge in [0, 0.05) is 12.4 Å². The summed E-state index contributed by atoms with van der Waals surface area (Å²) in [5, 5.41) is 13.7. The van der Waals surface area contributed by atoms with Crippen LogP contribution in [0.15, 0.2) is 61.1 Å². The first-order chi connectivity index (χ1) is 15.4. The number of methoxy groups -OCH3 is 1. The molecule has 0 saturated heterocycles. The minimum atomic E-state index is -1.27. The van der Waals surface area contributed by atoms with Gasteiger partial charge in [-0.3, -0.25) is 19.9 Å². The van der Waals surface area contributed by atoms with Gasteiger partial charge in [-0.2, -0.15) is 0 Å². The van der Waals surface area contributed by atoms with E-state index in [1.54, 1.807) is 18.3 Å². The fourth-order valence-corrected chi connectivity index (χ4v) is 2.55. The number of esters is 1. The molecular formula is C21H18N4O7. The smallest absolute Gasteiger partial charge is 0.344 e. The summed E-state index contributed by atoms with van der Waals surface area (Å²) in [5.74, 6) is -1.03. The summed E-state index contributed by atoms with van der Waals surface area (Å²) in [6.45, 7) is 1.33. The lowest BCUT2D eigenvalue weighted by molar-refractivity contribution is -0.384. The number of nitrogens with zero attached hydrogens (tertiary/aromatic N) is 3. The van der Waals surface area contributed by atoms with Crippen molar-refractivity contribution in [1.29, 1.82) is 0 Å². The molecular weight excluding hydrogens is 420 g/mol. The highest BCUT2D eigenvalue weighted by molar-refractivity contribution is 5.99. The number of carbonyl (C=O) groups is 2. The van der Waals surface area contributed by atoms with E-state index in [1.165, 1.54) is 56.8 Å². The fraction of sp³-hybridized carbons (Fsp3) is 0.143. The maximum absolute atomic E-state index is 12.6. The van der Waals surface area contributed by atoms with Crippen LogP contribution in [0.3, 0.4) is 0 Å². The number of carbonyl (C=O) groups excluding carboxylic acids is 2. The number of anilines is 1. The van der Waals surface area contributed by atoms with Crippen molar-refractivity contribution in [2.45, 2.75) is 13.0 Å². The van der Waals surface area contributed by atoms with Crippen molar-refractivity contribution in [3.8, 4) is 17.4 Å². The molecule has 2 aromatic heterocycles. The van der Waals surface area contributed by atoms with Gasteiger partial charge in [-0.05, 0) is 43.3 Å². The Bertz CT molecular complexity index is 1140. The largest absolute Gasteiger partial charge is 0.496 e. The molecule has 0 aliphatic heterocycles. The summed E-state index contributed by atoms with van der Waals surface area (Å²) in [5.41, 5.74) is -0.437. The highest BCUT2D eigenvalue weighted by Gasteiger charge is 2.25. The molecule has 0 saturated carbocycles. The number of rotatable bonds is 8. The Labute approximate surface area is 182 Å². The van der Waals surface area contributed by atoms with E-state index in [9.17, 15) is 19.7 Å². The van der Waals surface area contributed by atoms with Crippen molar-refractivity contribution >= 4 is 23.3 Å². The van der Waals surface area contributed by atoms with Crippen LogP contribution in [0.1, 0.15) is 17.3 Å². The van der Waals surface area contributed by atoms with Crippen LogP contribution in [0.25, 0.3) is 0 Å². The number of aromatic nitrogens is 2. The van der Waals surface area contributed by atoms with Gasteiger partial charge in [0.25, 0.3) is 11.6 Å². The first kappa shape index (κ1) is 22.2. The van der Waals surface area contributed by atoms with Crippen molar-refractivity contribution < 1.29 is 28.7 Å². The van der Waals surface area contributed by atoms with Crippen LogP contribution in [0.5, 0.6) is 17.4 Å². The third kappa shape index (κ3) is 5.33. The SMILES string of the molecule is COc1ccc(NC(=O)C(C)OC(=O)c2cccnc2Oc2cccnc2)c([N+](=O)[O-])c1. The number of hydrogen-bond donors (Lipinski definition) is 1. The maximum atomic E-state index is 12.6. The summed E-state index contributed by atoms with van der Waals surface area (Å²) < 4.78 is 15.7. The zero-order chi connectivity index (χ0) is 23.1. The second-order valence-corrected chi connectivity index (χ2v) is 6.32. The Hall–Kier alpha value is -4.54. The number of nitro groups is 1. The summed E-state index contributed by atoms with van der Waals surface area (Å²) in [6.07, 6.45) is 3.17. The molecule has 0 aliphatic carbocycles. The number of nitro benzene ring substituents is 1. The monoisotopic (exact) mass is 438 g/mol. The molecule has 1 amide bonds. The zero-order valence-corrected chi connectivity index (χ0v) is 17.1. The van der Waals surface area contributed by atoms with E-state index < -0.39 is 22.9 Å². The average Bonchev–Trinajstić information content (AvgIpc) is 2.80. The quantitative estimate of drug-likeness (QED) is 0.318.